The average Bonchev–Trinajstić information content (AvgIpc) is 1.77. The largest absolute Gasteiger partial charge is 0.390 e. The Morgan fingerprint density at radius 1 is 1.67 bits per heavy atom. The molecule has 0 radical (unpaired) electrons. The molecule has 0 unspecified atom stereocenters. The van der Waals surface area contributed by atoms with Crippen LogP contribution in [0, 0.1) is 5.92 Å². The fraction of sp³-hybridized carbons (Fsp3) is 1.00. The van der Waals surface area contributed by atoms with Crippen LogP contribution in [0.25, 0.3) is 0 Å². The van der Waals surface area contributed by atoms with Gasteiger partial charge in [-0.15, -0.1) is 0 Å². The van der Waals surface area contributed by atoms with Gasteiger partial charge < -0.3 is 5.11 Å². The zero-order valence-corrected chi connectivity index (χ0v) is 6.87. The summed E-state index contributed by atoms with van der Waals surface area (Å²) in [5, 5.41) is 9.63. The van der Waals surface area contributed by atoms with Gasteiger partial charge in [0.15, 0.2) is 0 Å². The van der Waals surface area contributed by atoms with Crippen LogP contribution in [0.3, 0.4) is 0 Å². The Bertz CT molecular complexity index is 101. The van der Waals surface area contributed by atoms with Crippen molar-refractivity contribution in [3.05, 3.63) is 0 Å². The van der Waals surface area contributed by atoms with E-state index in [0.29, 0.717) is 5.92 Å². The van der Waals surface area contributed by atoms with Crippen LogP contribution in [0.15, 0.2) is 0 Å². The second-order valence-electron chi connectivity index (χ2n) is 3.08. The summed E-state index contributed by atoms with van der Waals surface area (Å²) in [5.74, 6) is 2.71. The summed E-state index contributed by atoms with van der Waals surface area (Å²) >= 11 is 1.95. The van der Waals surface area contributed by atoms with Gasteiger partial charge in [0.25, 0.3) is 0 Å². The Morgan fingerprint density at radius 3 is 2.67 bits per heavy atom. The van der Waals surface area contributed by atoms with E-state index in [4.69, 9.17) is 0 Å². The molecule has 0 aromatic heterocycles. The van der Waals surface area contributed by atoms with E-state index in [0.717, 1.165) is 17.9 Å². The van der Waals surface area contributed by atoms with E-state index in [2.05, 4.69) is 6.92 Å². The summed E-state index contributed by atoms with van der Waals surface area (Å²) in [5.41, 5.74) is -0.384. The molecule has 1 fully saturated rings. The van der Waals surface area contributed by atoms with E-state index < -0.39 is 0 Å². The van der Waals surface area contributed by atoms with Crippen molar-refractivity contribution in [2.45, 2.75) is 25.9 Å². The molecule has 1 nitrogen and oxygen atoms in total. The topological polar surface area (TPSA) is 20.2 Å². The van der Waals surface area contributed by atoms with Gasteiger partial charge >= 0.3 is 0 Å². The van der Waals surface area contributed by atoms with Crippen molar-refractivity contribution in [2.75, 3.05) is 11.5 Å². The first-order chi connectivity index (χ1) is 4.13. The van der Waals surface area contributed by atoms with Crippen LogP contribution in [-0.2, 0) is 0 Å². The molecule has 2 heteroatoms. The van der Waals surface area contributed by atoms with Crippen molar-refractivity contribution >= 4 is 11.8 Å². The van der Waals surface area contributed by atoms with E-state index in [1.54, 1.807) is 0 Å². The monoisotopic (exact) mass is 146 g/mol. The van der Waals surface area contributed by atoms with Crippen molar-refractivity contribution in [3.8, 4) is 0 Å². The highest BCUT2D eigenvalue weighted by atomic mass is 32.2. The zero-order valence-electron chi connectivity index (χ0n) is 6.05. The molecule has 1 heterocycles. The third-order valence-electron chi connectivity index (χ3n) is 2.18. The Labute approximate surface area is 60.8 Å². The fourth-order valence-corrected chi connectivity index (χ4v) is 2.40. The number of hydrogen-bond acceptors (Lipinski definition) is 2. The van der Waals surface area contributed by atoms with E-state index in [1.165, 1.54) is 0 Å². The highest BCUT2D eigenvalue weighted by molar-refractivity contribution is 7.99. The summed E-state index contributed by atoms with van der Waals surface area (Å²) in [6, 6.07) is 0. The van der Waals surface area contributed by atoms with Crippen molar-refractivity contribution < 1.29 is 5.11 Å². The van der Waals surface area contributed by atoms with Gasteiger partial charge in [-0.05, 0) is 30.8 Å². The number of hydrogen-bond donors (Lipinski definition) is 1. The molecule has 9 heavy (non-hydrogen) atoms. The average molecular weight is 146 g/mol. The second kappa shape index (κ2) is 2.51. The Hall–Kier alpha value is 0.310. The van der Waals surface area contributed by atoms with Crippen LogP contribution >= 0.6 is 11.8 Å². The van der Waals surface area contributed by atoms with Crippen LogP contribution in [0.1, 0.15) is 20.3 Å². The number of rotatable bonds is 0. The summed E-state index contributed by atoms with van der Waals surface area (Å²) in [6.45, 7) is 4.06. The molecule has 1 rings (SSSR count). The van der Waals surface area contributed by atoms with Crippen LogP contribution in [0.5, 0.6) is 0 Å². The van der Waals surface area contributed by atoms with Crippen molar-refractivity contribution in [2.24, 2.45) is 5.92 Å². The number of thioether (sulfide) groups is 1. The molecule has 0 aromatic rings. The molecule has 1 aliphatic rings. The predicted molar refractivity (Wildman–Crippen MR) is 41.7 cm³/mol. The predicted octanol–water partition coefficient (Wildman–Crippen LogP) is 1.51. The minimum absolute atomic E-state index is 0.384. The highest BCUT2D eigenvalue weighted by Crippen LogP contribution is 2.31. The van der Waals surface area contributed by atoms with Crippen LogP contribution in [0.2, 0.25) is 0 Å². The maximum absolute atomic E-state index is 9.63. The lowest BCUT2D eigenvalue weighted by Crippen LogP contribution is -2.37. The maximum Gasteiger partial charge on any atom is 0.0660 e. The van der Waals surface area contributed by atoms with Crippen LogP contribution in [0.4, 0.5) is 0 Å². The van der Waals surface area contributed by atoms with Crippen LogP contribution in [-0.4, -0.2) is 22.2 Å². The molecule has 2 atom stereocenters. The molecular formula is C7H14OS. The zero-order chi connectivity index (χ0) is 6.91. The molecule has 0 aromatic carbocycles. The summed E-state index contributed by atoms with van der Waals surface area (Å²) < 4.78 is 0. The Kier molecular flexibility index (Phi) is 2.07. The molecule has 0 amide bonds. The fourth-order valence-electron chi connectivity index (χ4n) is 0.965. The molecule has 0 saturated carbocycles. The smallest absolute Gasteiger partial charge is 0.0660 e. The lowest BCUT2D eigenvalue weighted by Gasteiger charge is -2.34. The Morgan fingerprint density at radius 2 is 2.33 bits per heavy atom. The van der Waals surface area contributed by atoms with Crippen molar-refractivity contribution in [1.29, 1.82) is 0 Å². The third-order valence-corrected chi connectivity index (χ3v) is 3.41. The van der Waals surface area contributed by atoms with Gasteiger partial charge in [-0.25, -0.2) is 0 Å². The van der Waals surface area contributed by atoms with E-state index in [-0.39, 0.29) is 5.60 Å². The van der Waals surface area contributed by atoms with Gasteiger partial charge in [0.1, 0.15) is 0 Å². The molecule has 1 N–H and O–H groups in total. The van der Waals surface area contributed by atoms with E-state index >= 15 is 0 Å². The lowest BCUT2D eigenvalue weighted by molar-refractivity contribution is 0.00974. The first-order valence-corrected chi connectivity index (χ1v) is 4.58. The maximum atomic E-state index is 9.63. The molecule has 54 valence electrons. The van der Waals surface area contributed by atoms with Gasteiger partial charge in [0, 0.05) is 0 Å². The molecule has 0 spiro atoms. The standard InChI is InChI=1S/C7H14OS/c1-6-5-9-4-3-7(6,2)8/h6,8H,3-5H2,1-2H3/t6-,7-/m1/s1. The molecule has 1 saturated heterocycles. The minimum atomic E-state index is -0.384. The summed E-state index contributed by atoms with van der Waals surface area (Å²) in [4.78, 5) is 0. The van der Waals surface area contributed by atoms with E-state index in [9.17, 15) is 5.11 Å². The SMILES string of the molecule is C[C@@H]1CSCC[C@@]1(C)O. The second-order valence-corrected chi connectivity index (χ2v) is 4.23. The van der Waals surface area contributed by atoms with Crippen molar-refractivity contribution in [3.63, 3.8) is 0 Å². The molecule has 0 bridgehead atoms. The molecule has 0 aliphatic carbocycles. The Balaban J connectivity index is 2.49. The number of aliphatic hydroxyl groups is 1. The minimum Gasteiger partial charge on any atom is -0.390 e. The summed E-state index contributed by atoms with van der Waals surface area (Å²) in [6.07, 6.45) is 0.957. The molecular weight excluding hydrogens is 132 g/mol. The van der Waals surface area contributed by atoms with Crippen molar-refractivity contribution in [1.82, 2.24) is 0 Å². The summed E-state index contributed by atoms with van der Waals surface area (Å²) in [7, 11) is 0. The highest BCUT2D eigenvalue weighted by Gasteiger charge is 2.30. The van der Waals surface area contributed by atoms with Gasteiger partial charge in [-0.2, -0.15) is 11.8 Å². The van der Waals surface area contributed by atoms with Gasteiger partial charge in [0.05, 0.1) is 5.60 Å². The molecule has 1 aliphatic heterocycles. The third kappa shape index (κ3) is 1.62. The quantitative estimate of drug-likeness (QED) is 0.559. The van der Waals surface area contributed by atoms with Gasteiger partial charge in [0.2, 0.25) is 0 Å². The van der Waals surface area contributed by atoms with E-state index in [1.807, 2.05) is 18.7 Å². The van der Waals surface area contributed by atoms with Gasteiger partial charge in [-0.1, -0.05) is 6.92 Å². The first kappa shape index (κ1) is 7.42. The normalized spacial score (nSPS) is 45.0. The lowest BCUT2D eigenvalue weighted by atomic mass is 9.89. The van der Waals surface area contributed by atoms with Crippen LogP contribution < -0.4 is 0 Å². The first-order valence-electron chi connectivity index (χ1n) is 3.43. The van der Waals surface area contributed by atoms with Gasteiger partial charge in [-0.3, -0.25) is 0 Å².